The molecule has 3 N–H and O–H groups in total. The van der Waals surface area contributed by atoms with Crippen LogP contribution in [0.5, 0.6) is 23.0 Å². The van der Waals surface area contributed by atoms with Gasteiger partial charge in [-0.25, -0.2) is 0 Å². The van der Waals surface area contributed by atoms with Gasteiger partial charge in [-0.15, -0.1) is 0 Å². The maximum Gasteiger partial charge on any atom is 0.168 e. The van der Waals surface area contributed by atoms with Crippen molar-refractivity contribution in [2.45, 2.75) is 25.3 Å². The van der Waals surface area contributed by atoms with Crippen molar-refractivity contribution in [2.24, 2.45) is 0 Å². The molecule has 1 heterocycles. The fourth-order valence-corrected chi connectivity index (χ4v) is 4.33. The van der Waals surface area contributed by atoms with Crippen LogP contribution < -0.4 is 4.74 Å². The largest absolute Gasteiger partial charge is 0.504 e. The van der Waals surface area contributed by atoms with Crippen molar-refractivity contribution in [3.8, 4) is 34.1 Å². The smallest absolute Gasteiger partial charge is 0.168 e. The van der Waals surface area contributed by atoms with Crippen LogP contribution in [-0.4, -0.2) is 40.9 Å². The molecule has 0 saturated heterocycles. The fraction of sp³-hybridized carbons (Fsp3) is 0.368. The van der Waals surface area contributed by atoms with E-state index >= 15 is 0 Å². The van der Waals surface area contributed by atoms with E-state index in [1.807, 2.05) is 6.07 Å². The van der Waals surface area contributed by atoms with Crippen molar-refractivity contribution in [2.75, 3.05) is 20.7 Å². The first-order valence-electron chi connectivity index (χ1n) is 8.07. The average molecular weight is 327 g/mol. The third-order valence-electron chi connectivity index (χ3n) is 5.67. The molecule has 0 saturated carbocycles. The Morgan fingerprint density at radius 3 is 2.54 bits per heavy atom. The zero-order valence-electron chi connectivity index (χ0n) is 14.1. The molecule has 0 aromatic heterocycles. The second kappa shape index (κ2) is 4.80. The fourth-order valence-electron chi connectivity index (χ4n) is 4.33. The molecular weight excluding hydrogens is 306 g/mol. The van der Waals surface area contributed by atoms with Gasteiger partial charge in [-0.1, -0.05) is 6.07 Å². The number of fused-ring (bicyclic) bond motifs is 2. The van der Waals surface area contributed by atoms with Crippen LogP contribution >= 0.6 is 0 Å². The molecule has 5 nitrogen and oxygen atoms in total. The van der Waals surface area contributed by atoms with Crippen LogP contribution in [-0.2, 0) is 18.4 Å². The number of hydrogen-bond acceptors (Lipinski definition) is 5. The zero-order chi connectivity index (χ0) is 17.2. The van der Waals surface area contributed by atoms with Crippen molar-refractivity contribution >= 4 is 0 Å². The Kier molecular flexibility index (Phi) is 3.03. The van der Waals surface area contributed by atoms with Gasteiger partial charge in [0.15, 0.2) is 23.0 Å². The van der Waals surface area contributed by atoms with Crippen molar-refractivity contribution in [1.29, 1.82) is 0 Å². The summed E-state index contributed by atoms with van der Waals surface area (Å²) in [7, 11) is 3.60. The van der Waals surface area contributed by atoms with Gasteiger partial charge in [-0.2, -0.15) is 0 Å². The Hall–Kier alpha value is -2.40. The van der Waals surface area contributed by atoms with Crippen LogP contribution in [0.2, 0.25) is 0 Å². The van der Waals surface area contributed by atoms with Gasteiger partial charge in [0.2, 0.25) is 0 Å². The molecule has 0 bridgehead atoms. The summed E-state index contributed by atoms with van der Waals surface area (Å²) in [6.45, 7) is 3.08. The van der Waals surface area contributed by atoms with Gasteiger partial charge in [0.05, 0.1) is 7.11 Å². The Morgan fingerprint density at radius 1 is 1.08 bits per heavy atom. The third-order valence-corrected chi connectivity index (χ3v) is 5.67. The summed E-state index contributed by atoms with van der Waals surface area (Å²) in [6.07, 6.45) is 1.54. The van der Waals surface area contributed by atoms with Gasteiger partial charge in [-0.3, -0.25) is 4.90 Å². The average Bonchev–Trinajstić information content (AvgIpc) is 2.54. The van der Waals surface area contributed by atoms with Gasteiger partial charge >= 0.3 is 0 Å². The summed E-state index contributed by atoms with van der Waals surface area (Å²) in [5.74, 6) is 0.0837. The highest BCUT2D eigenvalue weighted by Gasteiger charge is 2.45. The molecule has 0 amide bonds. The summed E-state index contributed by atoms with van der Waals surface area (Å²) in [5.41, 5.74) is 4.07. The molecule has 24 heavy (non-hydrogen) atoms. The number of methoxy groups -OCH3 is 1. The quantitative estimate of drug-likeness (QED) is 0.703. The van der Waals surface area contributed by atoms with Crippen LogP contribution in [0.15, 0.2) is 18.2 Å². The maximum atomic E-state index is 10.5. The molecule has 0 fully saturated rings. The minimum absolute atomic E-state index is 0.0637. The summed E-state index contributed by atoms with van der Waals surface area (Å²) >= 11 is 0. The molecule has 5 heteroatoms. The van der Waals surface area contributed by atoms with E-state index < -0.39 is 0 Å². The SMILES string of the molecule is COc1c(O)cc2c3c1-c1c(ccc(O)c1O)CC3(C)N(C)CC2. The van der Waals surface area contributed by atoms with Gasteiger partial charge in [-0.05, 0) is 55.6 Å². The Balaban J connectivity index is 2.18. The lowest BCUT2D eigenvalue weighted by atomic mass is 9.69. The molecule has 2 aromatic carbocycles. The van der Waals surface area contributed by atoms with Crippen LogP contribution in [0.4, 0.5) is 0 Å². The lowest BCUT2D eigenvalue weighted by molar-refractivity contribution is 0.121. The second-order valence-corrected chi connectivity index (χ2v) is 6.93. The van der Waals surface area contributed by atoms with E-state index in [4.69, 9.17) is 4.74 Å². The Labute approximate surface area is 140 Å². The van der Waals surface area contributed by atoms with Crippen LogP contribution in [0.25, 0.3) is 11.1 Å². The Bertz CT molecular complexity index is 861. The number of nitrogens with zero attached hydrogens (tertiary/aromatic N) is 1. The summed E-state index contributed by atoms with van der Waals surface area (Å²) in [5, 5.41) is 31.0. The number of aromatic hydroxyl groups is 3. The molecule has 1 aliphatic heterocycles. The summed E-state index contributed by atoms with van der Waals surface area (Å²) in [6, 6.07) is 5.12. The zero-order valence-corrected chi connectivity index (χ0v) is 14.1. The van der Waals surface area contributed by atoms with Crippen LogP contribution in [0.3, 0.4) is 0 Å². The van der Waals surface area contributed by atoms with E-state index in [0.717, 1.165) is 36.1 Å². The van der Waals surface area contributed by atoms with Crippen LogP contribution in [0, 0.1) is 0 Å². The highest BCUT2D eigenvalue weighted by Crippen LogP contribution is 2.57. The van der Waals surface area contributed by atoms with E-state index in [9.17, 15) is 15.3 Å². The monoisotopic (exact) mass is 327 g/mol. The minimum atomic E-state index is -0.250. The molecule has 1 atom stereocenters. The molecule has 4 rings (SSSR count). The van der Waals surface area contributed by atoms with Gasteiger partial charge < -0.3 is 20.1 Å². The van der Waals surface area contributed by atoms with Gasteiger partial charge in [0, 0.05) is 23.2 Å². The second-order valence-electron chi connectivity index (χ2n) is 6.93. The summed E-state index contributed by atoms with van der Waals surface area (Å²) in [4.78, 5) is 2.31. The summed E-state index contributed by atoms with van der Waals surface area (Å²) < 4.78 is 5.49. The number of phenols is 3. The van der Waals surface area contributed by atoms with Gasteiger partial charge in [0.25, 0.3) is 0 Å². The normalized spacial score (nSPS) is 22.0. The number of phenolic OH excluding ortho intramolecular Hbond substituents is 3. The first kappa shape index (κ1) is 15.1. The lowest BCUT2D eigenvalue weighted by Gasteiger charge is -2.48. The molecule has 2 aromatic rings. The molecule has 1 unspecified atom stereocenters. The molecule has 0 radical (unpaired) electrons. The molecule has 2 aliphatic rings. The molecule has 1 aliphatic carbocycles. The van der Waals surface area contributed by atoms with E-state index in [2.05, 4.69) is 18.9 Å². The third kappa shape index (κ3) is 1.73. The van der Waals surface area contributed by atoms with E-state index in [0.29, 0.717) is 16.9 Å². The number of rotatable bonds is 1. The molecule has 126 valence electrons. The molecule has 0 spiro atoms. The molecular formula is C19H21NO4. The van der Waals surface area contributed by atoms with Crippen molar-refractivity contribution in [1.82, 2.24) is 4.90 Å². The maximum absolute atomic E-state index is 10.5. The number of ether oxygens (including phenoxy) is 1. The van der Waals surface area contributed by atoms with Gasteiger partial charge in [0.1, 0.15) is 0 Å². The highest BCUT2D eigenvalue weighted by atomic mass is 16.5. The first-order chi connectivity index (χ1) is 11.4. The lowest BCUT2D eigenvalue weighted by Crippen LogP contribution is -2.49. The van der Waals surface area contributed by atoms with E-state index in [1.54, 1.807) is 6.07 Å². The van der Waals surface area contributed by atoms with E-state index in [-0.39, 0.29) is 22.8 Å². The number of hydrogen-bond donors (Lipinski definition) is 3. The first-order valence-corrected chi connectivity index (χ1v) is 8.07. The topological polar surface area (TPSA) is 73.2 Å². The van der Waals surface area contributed by atoms with Crippen molar-refractivity contribution in [3.05, 3.63) is 34.9 Å². The predicted octanol–water partition coefficient (Wildman–Crippen LogP) is 2.74. The van der Waals surface area contributed by atoms with Crippen molar-refractivity contribution < 1.29 is 20.1 Å². The standard InChI is InChI=1S/C19H21NO4/c1-19-9-11-4-5-12(21)17(23)14(11)15-16(19)10(6-7-20(19)2)8-13(22)18(15)24-3/h4-5,8,21-23H,6-7,9H2,1-3H3. The Morgan fingerprint density at radius 2 is 1.83 bits per heavy atom. The van der Waals surface area contributed by atoms with E-state index in [1.165, 1.54) is 13.2 Å². The predicted molar refractivity (Wildman–Crippen MR) is 90.8 cm³/mol. The minimum Gasteiger partial charge on any atom is -0.504 e. The number of likely N-dealkylation sites (N-methyl/N-ethyl adjacent to an activating group) is 1. The highest BCUT2D eigenvalue weighted by molar-refractivity contribution is 5.88. The van der Waals surface area contributed by atoms with Crippen LogP contribution in [0.1, 0.15) is 23.6 Å². The van der Waals surface area contributed by atoms with Crippen molar-refractivity contribution in [3.63, 3.8) is 0 Å². The number of benzene rings is 2.